The van der Waals surface area contributed by atoms with E-state index in [1.54, 1.807) is 6.26 Å². The topological polar surface area (TPSA) is 44.5 Å². The van der Waals surface area contributed by atoms with Gasteiger partial charge < -0.3 is 15.2 Å². The molecule has 3 nitrogen and oxygen atoms in total. The van der Waals surface area contributed by atoms with Crippen LogP contribution in [-0.4, -0.2) is 6.29 Å². The van der Waals surface area contributed by atoms with Crippen LogP contribution in [0.5, 0.6) is 0 Å². The predicted octanol–water partition coefficient (Wildman–Crippen LogP) is 4.16. The Balaban J connectivity index is 1.70. The SMILES string of the molecule is CC1(C)CCCCC1C1OC=C(c2ccc(N)cc2)O1. The molecule has 0 aromatic heterocycles. The fourth-order valence-electron chi connectivity index (χ4n) is 3.30. The molecule has 1 aromatic carbocycles. The smallest absolute Gasteiger partial charge is 0.243 e. The number of ether oxygens (including phenoxy) is 2. The van der Waals surface area contributed by atoms with Gasteiger partial charge in [-0.15, -0.1) is 0 Å². The Morgan fingerprint density at radius 1 is 1.15 bits per heavy atom. The van der Waals surface area contributed by atoms with E-state index in [0.29, 0.717) is 5.92 Å². The monoisotopic (exact) mass is 273 g/mol. The molecule has 1 aliphatic heterocycles. The molecular formula is C17H23NO2. The summed E-state index contributed by atoms with van der Waals surface area (Å²) in [5.41, 5.74) is 7.78. The van der Waals surface area contributed by atoms with E-state index in [1.165, 1.54) is 25.7 Å². The number of nitrogens with two attached hydrogens (primary N) is 1. The molecule has 0 bridgehead atoms. The number of benzene rings is 1. The molecule has 1 heterocycles. The highest BCUT2D eigenvalue weighted by molar-refractivity contribution is 5.61. The maximum absolute atomic E-state index is 6.06. The van der Waals surface area contributed by atoms with Crippen molar-refractivity contribution in [1.29, 1.82) is 0 Å². The van der Waals surface area contributed by atoms with Crippen LogP contribution in [0.3, 0.4) is 0 Å². The molecule has 3 heteroatoms. The van der Waals surface area contributed by atoms with Crippen molar-refractivity contribution in [3.8, 4) is 0 Å². The molecule has 0 amide bonds. The lowest BCUT2D eigenvalue weighted by Gasteiger charge is -2.40. The van der Waals surface area contributed by atoms with E-state index in [1.807, 2.05) is 24.3 Å². The molecule has 0 spiro atoms. The molecule has 20 heavy (non-hydrogen) atoms. The Morgan fingerprint density at radius 3 is 2.60 bits per heavy atom. The first-order chi connectivity index (χ1) is 9.56. The van der Waals surface area contributed by atoms with Crippen molar-refractivity contribution >= 4 is 11.4 Å². The maximum atomic E-state index is 6.06. The summed E-state index contributed by atoms with van der Waals surface area (Å²) in [6.45, 7) is 4.65. The summed E-state index contributed by atoms with van der Waals surface area (Å²) in [6.07, 6.45) is 6.63. The highest BCUT2D eigenvalue weighted by Gasteiger charge is 2.41. The number of hydrogen-bond donors (Lipinski definition) is 1. The quantitative estimate of drug-likeness (QED) is 0.823. The lowest BCUT2D eigenvalue weighted by molar-refractivity contribution is -0.110. The van der Waals surface area contributed by atoms with Gasteiger partial charge in [-0.05, 0) is 42.5 Å². The van der Waals surface area contributed by atoms with Crippen LogP contribution in [0.1, 0.15) is 45.1 Å². The third kappa shape index (κ3) is 2.49. The van der Waals surface area contributed by atoms with E-state index >= 15 is 0 Å². The van der Waals surface area contributed by atoms with E-state index in [0.717, 1.165) is 17.0 Å². The van der Waals surface area contributed by atoms with Gasteiger partial charge in [-0.2, -0.15) is 0 Å². The molecule has 2 atom stereocenters. The highest BCUT2D eigenvalue weighted by atomic mass is 16.7. The molecule has 2 aliphatic rings. The maximum Gasteiger partial charge on any atom is 0.243 e. The Kier molecular flexibility index (Phi) is 3.36. The van der Waals surface area contributed by atoms with E-state index < -0.39 is 0 Å². The molecule has 0 saturated heterocycles. The molecular weight excluding hydrogens is 250 g/mol. The van der Waals surface area contributed by atoms with Crippen LogP contribution in [0.2, 0.25) is 0 Å². The highest BCUT2D eigenvalue weighted by Crippen LogP contribution is 2.45. The fourth-order valence-corrected chi connectivity index (χ4v) is 3.30. The molecule has 1 saturated carbocycles. The second kappa shape index (κ2) is 5.04. The number of nitrogen functional groups attached to an aromatic ring is 1. The fraction of sp³-hybridized carbons (Fsp3) is 0.529. The Hall–Kier alpha value is -1.64. The van der Waals surface area contributed by atoms with Crippen LogP contribution < -0.4 is 5.73 Å². The largest absolute Gasteiger partial charge is 0.458 e. The molecule has 2 unspecified atom stereocenters. The van der Waals surface area contributed by atoms with E-state index in [4.69, 9.17) is 15.2 Å². The first-order valence-electron chi connectivity index (χ1n) is 7.44. The van der Waals surface area contributed by atoms with E-state index in [2.05, 4.69) is 13.8 Å². The van der Waals surface area contributed by atoms with Gasteiger partial charge in [0, 0.05) is 17.2 Å². The lowest BCUT2D eigenvalue weighted by atomic mass is 9.68. The zero-order valence-electron chi connectivity index (χ0n) is 12.3. The summed E-state index contributed by atoms with van der Waals surface area (Å²) in [6, 6.07) is 7.71. The van der Waals surface area contributed by atoms with Crippen LogP contribution in [0.4, 0.5) is 5.69 Å². The average Bonchev–Trinajstić information content (AvgIpc) is 2.88. The standard InChI is InChI=1S/C17H23NO2/c1-17(2)10-4-3-5-14(17)16-19-11-15(20-16)12-6-8-13(18)9-7-12/h6-9,11,14,16H,3-5,10,18H2,1-2H3. The zero-order valence-corrected chi connectivity index (χ0v) is 12.3. The summed E-state index contributed by atoms with van der Waals surface area (Å²) >= 11 is 0. The van der Waals surface area contributed by atoms with Crippen molar-refractivity contribution in [2.75, 3.05) is 5.73 Å². The molecule has 0 radical (unpaired) electrons. The van der Waals surface area contributed by atoms with Crippen molar-refractivity contribution in [2.24, 2.45) is 11.3 Å². The van der Waals surface area contributed by atoms with Crippen LogP contribution >= 0.6 is 0 Å². The summed E-state index contributed by atoms with van der Waals surface area (Å²) in [5.74, 6) is 1.27. The van der Waals surface area contributed by atoms with Gasteiger partial charge in [-0.25, -0.2) is 0 Å². The minimum Gasteiger partial charge on any atom is -0.458 e. The van der Waals surface area contributed by atoms with Crippen molar-refractivity contribution in [2.45, 2.75) is 45.8 Å². The van der Waals surface area contributed by atoms with Crippen LogP contribution in [0.15, 0.2) is 30.5 Å². The van der Waals surface area contributed by atoms with Gasteiger partial charge in [-0.3, -0.25) is 0 Å². The van der Waals surface area contributed by atoms with E-state index in [-0.39, 0.29) is 11.7 Å². The first kappa shape index (κ1) is 13.3. The van der Waals surface area contributed by atoms with Crippen LogP contribution in [-0.2, 0) is 9.47 Å². The van der Waals surface area contributed by atoms with Gasteiger partial charge in [0.25, 0.3) is 0 Å². The average molecular weight is 273 g/mol. The summed E-state index contributed by atoms with van der Waals surface area (Å²) in [7, 11) is 0. The zero-order chi connectivity index (χ0) is 14.2. The summed E-state index contributed by atoms with van der Waals surface area (Å²) in [4.78, 5) is 0. The molecule has 1 fully saturated rings. The Bertz CT molecular complexity index is 504. The van der Waals surface area contributed by atoms with Gasteiger partial charge in [-0.1, -0.05) is 26.7 Å². The summed E-state index contributed by atoms with van der Waals surface area (Å²) in [5, 5.41) is 0. The van der Waals surface area contributed by atoms with Crippen molar-refractivity contribution in [3.63, 3.8) is 0 Å². The normalized spacial score (nSPS) is 28.4. The van der Waals surface area contributed by atoms with Crippen molar-refractivity contribution in [3.05, 3.63) is 36.1 Å². The molecule has 2 N–H and O–H groups in total. The number of anilines is 1. The minimum absolute atomic E-state index is 0.141. The summed E-state index contributed by atoms with van der Waals surface area (Å²) < 4.78 is 11.9. The number of rotatable bonds is 2. The van der Waals surface area contributed by atoms with Gasteiger partial charge in [0.1, 0.15) is 6.26 Å². The van der Waals surface area contributed by atoms with Gasteiger partial charge in [0.2, 0.25) is 6.29 Å². The predicted molar refractivity (Wildman–Crippen MR) is 80.5 cm³/mol. The second-order valence-electron chi connectivity index (χ2n) is 6.57. The van der Waals surface area contributed by atoms with Gasteiger partial charge in [0.05, 0.1) is 0 Å². The third-order valence-electron chi connectivity index (χ3n) is 4.67. The minimum atomic E-state index is -0.141. The number of hydrogen-bond acceptors (Lipinski definition) is 3. The second-order valence-corrected chi connectivity index (χ2v) is 6.57. The Labute approximate surface area is 120 Å². The van der Waals surface area contributed by atoms with Gasteiger partial charge in [0.15, 0.2) is 5.76 Å². The van der Waals surface area contributed by atoms with Crippen molar-refractivity contribution < 1.29 is 9.47 Å². The van der Waals surface area contributed by atoms with Gasteiger partial charge >= 0.3 is 0 Å². The van der Waals surface area contributed by atoms with Crippen LogP contribution in [0, 0.1) is 11.3 Å². The molecule has 1 aliphatic carbocycles. The first-order valence-corrected chi connectivity index (χ1v) is 7.44. The lowest BCUT2D eigenvalue weighted by Crippen LogP contribution is -2.37. The molecule has 1 aromatic rings. The van der Waals surface area contributed by atoms with Crippen molar-refractivity contribution in [1.82, 2.24) is 0 Å². The molecule has 3 rings (SSSR count). The van der Waals surface area contributed by atoms with E-state index in [9.17, 15) is 0 Å². The molecule has 108 valence electrons. The third-order valence-corrected chi connectivity index (χ3v) is 4.67. The Morgan fingerprint density at radius 2 is 1.90 bits per heavy atom. The van der Waals surface area contributed by atoms with Crippen LogP contribution in [0.25, 0.3) is 5.76 Å².